The zero-order valence-corrected chi connectivity index (χ0v) is 14.1. The Hall–Kier alpha value is -1.86. The van der Waals surface area contributed by atoms with Crippen LogP contribution in [0.3, 0.4) is 0 Å². The standard InChI is InChI=1S/C16H27NO6/c1-5-6-9-22-15(19)17-8-11-21-13-12-20-10-7-14(18)23-16(2,3)4/h5-6,9H,1,7-8,10-13H2,2-4H3,(H,17,19)/b9-6-. The SMILES string of the molecule is C=C/C=C\OC(=O)NCCOCCOCCC(=O)OC(C)(C)C. The van der Waals surface area contributed by atoms with Gasteiger partial charge in [-0.15, -0.1) is 0 Å². The molecule has 0 aliphatic heterocycles. The van der Waals surface area contributed by atoms with E-state index in [4.69, 9.17) is 14.2 Å². The van der Waals surface area contributed by atoms with Gasteiger partial charge in [-0.2, -0.15) is 0 Å². The summed E-state index contributed by atoms with van der Waals surface area (Å²) in [5.41, 5.74) is -0.476. The first-order valence-corrected chi connectivity index (χ1v) is 7.44. The molecule has 7 heteroatoms. The third kappa shape index (κ3) is 16.3. The van der Waals surface area contributed by atoms with Crippen LogP contribution in [0, 0.1) is 0 Å². The number of ether oxygens (including phenoxy) is 4. The van der Waals surface area contributed by atoms with Gasteiger partial charge in [-0.3, -0.25) is 4.79 Å². The minimum atomic E-state index is -0.555. The molecule has 0 rings (SSSR count). The van der Waals surface area contributed by atoms with Crippen LogP contribution in [0.25, 0.3) is 0 Å². The minimum Gasteiger partial charge on any atom is -0.460 e. The maximum Gasteiger partial charge on any atom is 0.412 e. The number of allylic oxidation sites excluding steroid dienone is 2. The summed E-state index contributed by atoms with van der Waals surface area (Å²) in [6, 6.07) is 0. The molecule has 0 aromatic carbocycles. The van der Waals surface area contributed by atoms with Crippen LogP contribution in [-0.4, -0.2) is 50.6 Å². The van der Waals surface area contributed by atoms with Gasteiger partial charge in [0.15, 0.2) is 0 Å². The van der Waals surface area contributed by atoms with Crippen molar-refractivity contribution in [2.75, 3.05) is 33.0 Å². The zero-order chi connectivity index (χ0) is 17.6. The molecular weight excluding hydrogens is 302 g/mol. The monoisotopic (exact) mass is 329 g/mol. The molecule has 0 saturated carbocycles. The largest absolute Gasteiger partial charge is 0.460 e. The maximum atomic E-state index is 11.4. The summed E-state index contributed by atoms with van der Waals surface area (Å²) in [6.45, 7) is 10.6. The van der Waals surface area contributed by atoms with Crippen molar-refractivity contribution in [3.05, 3.63) is 25.0 Å². The van der Waals surface area contributed by atoms with Crippen LogP contribution >= 0.6 is 0 Å². The van der Waals surface area contributed by atoms with Gasteiger partial charge in [0.25, 0.3) is 0 Å². The van der Waals surface area contributed by atoms with Gasteiger partial charge < -0.3 is 24.3 Å². The van der Waals surface area contributed by atoms with Crippen molar-refractivity contribution >= 4 is 12.1 Å². The maximum absolute atomic E-state index is 11.4. The van der Waals surface area contributed by atoms with Crippen molar-refractivity contribution in [1.29, 1.82) is 0 Å². The van der Waals surface area contributed by atoms with E-state index in [0.29, 0.717) is 33.0 Å². The van der Waals surface area contributed by atoms with Gasteiger partial charge in [0.1, 0.15) is 5.60 Å². The Bertz CT molecular complexity index is 387. The predicted octanol–water partition coefficient (Wildman–Crippen LogP) is 2.18. The highest BCUT2D eigenvalue weighted by Gasteiger charge is 2.15. The lowest BCUT2D eigenvalue weighted by Crippen LogP contribution is -2.27. The van der Waals surface area contributed by atoms with Crippen LogP contribution in [0.5, 0.6) is 0 Å². The van der Waals surface area contributed by atoms with Gasteiger partial charge in [-0.25, -0.2) is 4.79 Å². The Morgan fingerprint density at radius 1 is 1.09 bits per heavy atom. The van der Waals surface area contributed by atoms with Crippen molar-refractivity contribution in [2.45, 2.75) is 32.8 Å². The van der Waals surface area contributed by atoms with Crippen molar-refractivity contribution in [2.24, 2.45) is 0 Å². The smallest absolute Gasteiger partial charge is 0.412 e. The lowest BCUT2D eigenvalue weighted by atomic mass is 10.2. The Kier molecular flexibility index (Phi) is 11.6. The molecule has 0 atom stereocenters. The molecule has 0 radical (unpaired) electrons. The van der Waals surface area contributed by atoms with E-state index < -0.39 is 11.7 Å². The van der Waals surface area contributed by atoms with Crippen LogP contribution < -0.4 is 5.32 Å². The topological polar surface area (TPSA) is 83.1 Å². The van der Waals surface area contributed by atoms with Gasteiger partial charge in [0.05, 0.1) is 39.1 Å². The van der Waals surface area contributed by atoms with E-state index >= 15 is 0 Å². The van der Waals surface area contributed by atoms with Gasteiger partial charge in [-0.05, 0) is 26.8 Å². The minimum absolute atomic E-state index is 0.211. The summed E-state index contributed by atoms with van der Waals surface area (Å²) in [5.74, 6) is -0.286. The molecule has 1 amide bonds. The van der Waals surface area contributed by atoms with Crippen molar-refractivity contribution in [3.63, 3.8) is 0 Å². The van der Waals surface area contributed by atoms with Crippen molar-refractivity contribution in [3.8, 4) is 0 Å². The molecule has 0 spiro atoms. The number of carbonyl (C=O) groups excluding carboxylic acids is 2. The highest BCUT2D eigenvalue weighted by molar-refractivity contribution is 5.69. The Labute approximate surface area is 137 Å². The molecule has 0 saturated heterocycles. The normalized spacial score (nSPS) is 11.3. The molecule has 0 aliphatic carbocycles. The highest BCUT2D eigenvalue weighted by Crippen LogP contribution is 2.07. The van der Waals surface area contributed by atoms with Crippen LogP contribution in [0.2, 0.25) is 0 Å². The van der Waals surface area contributed by atoms with Crippen molar-refractivity contribution < 1.29 is 28.5 Å². The van der Waals surface area contributed by atoms with Gasteiger partial charge in [0, 0.05) is 6.54 Å². The van der Waals surface area contributed by atoms with E-state index in [2.05, 4.69) is 16.6 Å². The van der Waals surface area contributed by atoms with E-state index in [1.807, 2.05) is 20.8 Å². The molecule has 132 valence electrons. The fourth-order valence-electron chi connectivity index (χ4n) is 1.29. The quantitative estimate of drug-likeness (QED) is 0.271. The number of alkyl carbamates (subject to hydrolysis) is 1. The van der Waals surface area contributed by atoms with E-state index in [1.165, 1.54) is 18.4 Å². The number of carbonyl (C=O) groups is 2. The summed E-state index contributed by atoms with van der Waals surface area (Å²) in [7, 11) is 0. The molecule has 23 heavy (non-hydrogen) atoms. The molecule has 0 unspecified atom stereocenters. The third-order valence-electron chi connectivity index (χ3n) is 2.15. The zero-order valence-electron chi connectivity index (χ0n) is 14.1. The van der Waals surface area contributed by atoms with E-state index in [9.17, 15) is 9.59 Å². The fourth-order valence-corrected chi connectivity index (χ4v) is 1.29. The van der Waals surface area contributed by atoms with Crippen LogP contribution in [0.15, 0.2) is 25.0 Å². The average molecular weight is 329 g/mol. The molecule has 0 bridgehead atoms. The van der Waals surface area contributed by atoms with Crippen LogP contribution in [-0.2, 0) is 23.7 Å². The fraction of sp³-hybridized carbons (Fsp3) is 0.625. The molecule has 0 aliphatic rings. The predicted molar refractivity (Wildman–Crippen MR) is 85.9 cm³/mol. The number of rotatable bonds is 11. The lowest BCUT2D eigenvalue weighted by molar-refractivity contribution is -0.156. The molecular formula is C16H27NO6. The number of hydrogen-bond acceptors (Lipinski definition) is 6. The van der Waals surface area contributed by atoms with Crippen LogP contribution in [0.4, 0.5) is 4.79 Å². The summed E-state index contributed by atoms with van der Waals surface area (Å²) < 4.78 is 20.3. The first-order chi connectivity index (χ1) is 10.8. The Balaban J connectivity index is 3.37. The Morgan fingerprint density at radius 2 is 1.74 bits per heavy atom. The summed E-state index contributed by atoms with van der Waals surface area (Å²) in [4.78, 5) is 22.5. The molecule has 7 nitrogen and oxygen atoms in total. The molecule has 0 aromatic rings. The van der Waals surface area contributed by atoms with Crippen LogP contribution in [0.1, 0.15) is 27.2 Å². The summed E-state index contributed by atoms with van der Waals surface area (Å²) in [5, 5.41) is 2.51. The first-order valence-electron chi connectivity index (χ1n) is 7.44. The summed E-state index contributed by atoms with van der Waals surface area (Å²) in [6.07, 6.45) is 3.90. The third-order valence-corrected chi connectivity index (χ3v) is 2.15. The first kappa shape index (κ1) is 21.1. The van der Waals surface area contributed by atoms with E-state index in [0.717, 1.165) is 0 Å². The number of nitrogens with one attached hydrogen (secondary N) is 1. The number of hydrogen-bond donors (Lipinski definition) is 1. The molecule has 0 heterocycles. The average Bonchev–Trinajstić information content (AvgIpc) is 2.44. The molecule has 1 N–H and O–H groups in total. The van der Waals surface area contributed by atoms with Gasteiger partial charge >= 0.3 is 12.1 Å². The van der Waals surface area contributed by atoms with Gasteiger partial charge in [0.2, 0.25) is 0 Å². The second-order valence-electron chi connectivity index (χ2n) is 5.46. The number of amides is 1. The summed E-state index contributed by atoms with van der Waals surface area (Å²) >= 11 is 0. The van der Waals surface area contributed by atoms with Crippen molar-refractivity contribution in [1.82, 2.24) is 5.32 Å². The second kappa shape index (κ2) is 12.7. The number of esters is 1. The second-order valence-corrected chi connectivity index (χ2v) is 5.46. The van der Waals surface area contributed by atoms with Gasteiger partial charge in [-0.1, -0.05) is 12.7 Å². The Morgan fingerprint density at radius 3 is 2.35 bits per heavy atom. The lowest BCUT2D eigenvalue weighted by Gasteiger charge is -2.19. The molecule has 0 fully saturated rings. The van der Waals surface area contributed by atoms with E-state index in [1.54, 1.807) is 0 Å². The highest BCUT2D eigenvalue weighted by atomic mass is 16.6. The van der Waals surface area contributed by atoms with E-state index in [-0.39, 0.29) is 12.4 Å². The molecule has 0 aromatic heterocycles.